The SMILES string of the molecule is CC(C)(C)OC(=O)N1C[C@@H](F)C[C@H](Nc2nccc(-c3cccnc3Oc3c(Cl)cc(N(Cc4ccccc4F)S(=O)O)c(F)c3F)n2)C1. The Labute approximate surface area is 286 Å². The molecule has 0 saturated carbocycles. The molecule has 0 radical (unpaired) electrons. The normalized spacial score (nSPS) is 17.0. The van der Waals surface area contributed by atoms with Gasteiger partial charge in [-0.05, 0) is 51.1 Å². The predicted molar refractivity (Wildman–Crippen MR) is 175 cm³/mol. The Morgan fingerprint density at radius 3 is 2.57 bits per heavy atom. The first-order chi connectivity index (χ1) is 23.2. The van der Waals surface area contributed by atoms with E-state index in [1.165, 1.54) is 41.6 Å². The Hall–Kier alpha value is -4.54. The summed E-state index contributed by atoms with van der Waals surface area (Å²) in [5.41, 5.74) is -1.07. The third-order valence-electron chi connectivity index (χ3n) is 7.11. The van der Waals surface area contributed by atoms with Crippen LogP contribution < -0.4 is 14.4 Å². The van der Waals surface area contributed by atoms with Crippen LogP contribution in [0, 0.1) is 17.5 Å². The average Bonchev–Trinajstić information content (AvgIpc) is 3.03. The molecular formula is C32H31ClF4N6O5S. The maximum atomic E-state index is 15.5. The van der Waals surface area contributed by atoms with Crippen LogP contribution in [0.15, 0.2) is 60.9 Å². The highest BCUT2D eigenvalue weighted by atomic mass is 35.5. The van der Waals surface area contributed by atoms with E-state index in [4.69, 9.17) is 21.1 Å². The minimum Gasteiger partial charge on any atom is -0.444 e. The molecule has 1 fully saturated rings. The quantitative estimate of drug-likeness (QED) is 0.104. The number of nitrogens with zero attached hydrogens (tertiary/aromatic N) is 5. The van der Waals surface area contributed by atoms with Gasteiger partial charge in [-0.2, -0.15) is 4.39 Å². The van der Waals surface area contributed by atoms with E-state index in [2.05, 4.69) is 20.3 Å². The number of pyridine rings is 1. The first kappa shape index (κ1) is 35.8. The van der Waals surface area contributed by atoms with E-state index in [1.807, 2.05) is 0 Å². The number of amides is 1. The highest BCUT2D eigenvalue weighted by Crippen LogP contribution is 2.41. The summed E-state index contributed by atoms with van der Waals surface area (Å²) in [6.07, 6.45) is 0.844. The maximum Gasteiger partial charge on any atom is 0.410 e. The molecule has 0 spiro atoms. The van der Waals surface area contributed by atoms with E-state index in [9.17, 15) is 22.3 Å². The molecule has 11 nitrogen and oxygen atoms in total. The van der Waals surface area contributed by atoms with Crippen LogP contribution in [-0.4, -0.2) is 65.6 Å². The number of likely N-dealkylation sites (tertiary alicyclic amines) is 1. The number of ether oxygens (including phenoxy) is 2. The molecule has 49 heavy (non-hydrogen) atoms. The molecule has 1 saturated heterocycles. The molecule has 1 aliphatic rings. The molecule has 3 heterocycles. The second-order valence-corrected chi connectivity index (χ2v) is 13.3. The minimum atomic E-state index is -2.90. The molecule has 2 aromatic carbocycles. The predicted octanol–water partition coefficient (Wildman–Crippen LogP) is 7.30. The van der Waals surface area contributed by atoms with Gasteiger partial charge in [0.15, 0.2) is 11.6 Å². The van der Waals surface area contributed by atoms with Crippen molar-refractivity contribution in [2.24, 2.45) is 0 Å². The van der Waals surface area contributed by atoms with Gasteiger partial charge in [-0.25, -0.2) is 37.1 Å². The second-order valence-electron chi connectivity index (χ2n) is 12.0. The van der Waals surface area contributed by atoms with Gasteiger partial charge >= 0.3 is 6.09 Å². The summed E-state index contributed by atoms with van der Waals surface area (Å²) >= 11 is 3.41. The Bertz CT molecular complexity index is 1870. The molecule has 4 aromatic rings. The summed E-state index contributed by atoms with van der Waals surface area (Å²) in [5, 5.41) is 2.55. The Kier molecular flexibility index (Phi) is 10.9. The number of carbonyl (C=O) groups is 1. The summed E-state index contributed by atoms with van der Waals surface area (Å²) in [6.45, 7) is 4.57. The zero-order valence-corrected chi connectivity index (χ0v) is 27.9. The number of piperidine rings is 1. The Balaban J connectivity index is 1.38. The maximum absolute atomic E-state index is 15.5. The van der Waals surface area contributed by atoms with Crippen LogP contribution in [0.5, 0.6) is 11.6 Å². The molecule has 1 amide bonds. The van der Waals surface area contributed by atoms with Gasteiger partial charge in [-0.3, -0.25) is 8.86 Å². The third-order valence-corrected chi connectivity index (χ3v) is 8.10. The van der Waals surface area contributed by atoms with Crippen molar-refractivity contribution in [1.82, 2.24) is 19.9 Å². The number of rotatable bonds is 9. The van der Waals surface area contributed by atoms with Crippen LogP contribution in [0.2, 0.25) is 5.02 Å². The molecular weight excluding hydrogens is 692 g/mol. The lowest BCUT2D eigenvalue weighted by atomic mass is 10.0. The number of hydrogen-bond acceptors (Lipinski definition) is 8. The van der Waals surface area contributed by atoms with Crippen molar-refractivity contribution in [3.8, 4) is 22.9 Å². The highest BCUT2D eigenvalue weighted by Gasteiger charge is 2.33. The molecule has 2 aromatic heterocycles. The summed E-state index contributed by atoms with van der Waals surface area (Å²) < 4.78 is 93.4. The largest absolute Gasteiger partial charge is 0.444 e. The minimum absolute atomic E-state index is 0.0497. The van der Waals surface area contributed by atoms with Crippen molar-refractivity contribution in [3.63, 3.8) is 0 Å². The van der Waals surface area contributed by atoms with Crippen LogP contribution in [0.25, 0.3) is 11.3 Å². The van der Waals surface area contributed by atoms with Crippen LogP contribution in [-0.2, 0) is 22.5 Å². The van der Waals surface area contributed by atoms with E-state index < -0.39 is 75.6 Å². The number of anilines is 2. The van der Waals surface area contributed by atoms with Gasteiger partial charge in [0, 0.05) is 37.0 Å². The van der Waals surface area contributed by atoms with Crippen LogP contribution in [0.4, 0.5) is 34.0 Å². The fourth-order valence-electron chi connectivity index (χ4n) is 4.99. The van der Waals surface area contributed by atoms with E-state index in [0.29, 0.717) is 4.31 Å². The number of alkyl halides is 1. The lowest BCUT2D eigenvalue weighted by Crippen LogP contribution is -2.51. The highest BCUT2D eigenvalue weighted by molar-refractivity contribution is 7.80. The molecule has 1 unspecified atom stereocenters. The third kappa shape index (κ3) is 8.74. The molecule has 0 bridgehead atoms. The van der Waals surface area contributed by atoms with Gasteiger partial charge in [0.2, 0.25) is 17.6 Å². The van der Waals surface area contributed by atoms with E-state index >= 15 is 8.78 Å². The molecule has 260 valence electrons. The fraction of sp³-hybridized carbons (Fsp3) is 0.312. The second kappa shape index (κ2) is 14.9. The molecule has 5 rings (SSSR count). The average molecular weight is 723 g/mol. The summed E-state index contributed by atoms with van der Waals surface area (Å²) in [4.78, 5) is 26.6. The first-order valence-corrected chi connectivity index (χ1v) is 16.3. The standard InChI is InChI=1S/C32H31ClF4N6O5S/c1-32(2,3)48-31(44)42-16-19(34)13-20(17-42)40-30-39-12-10-24(41-30)21-8-6-11-38-29(21)47-28-22(33)14-25(26(36)27(28)37)43(49(45)46)15-18-7-4-5-9-23(18)35/h4-12,14,19-20H,13,15-17H2,1-3H3,(H,45,46)(H,39,40,41)/t19-,20-/m0/s1. The van der Waals surface area contributed by atoms with E-state index in [1.54, 1.807) is 32.9 Å². The molecule has 2 N–H and O–H groups in total. The topological polar surface area (TPSA) is 130 Å². The fourth-order valence-corrected chi connectivity index (χ4v) is 5.76. The van der Waals surface area contributed by atoms with Crippen LogP contribution in [0.1, 0.15) is 32.8 Å². The number of carbonyl (C=O) groups excluding carboxylic acids is 1. The molecule has 1 aliphatic heterocycles. The van der Waals surface area contributed by atoms with Crippen molar-refractivity contribution >= 4 is 40.6 Å². The van der Waals surface area contributed by atoms with Gasteiger partial charge in [0.1, 0.15) is 17.6 Å². The monoisotopic (exact) mass is 722 g/mol. The molecule has 0 aliphatic carbocycles. The number of benzene rings is 2. The zero-order chi connectivity index (χ0) is 35.5. The summed E-state index contributed by atoms with van der Waals surface area (Å²) in [5.74, 6) is -4.82. The number of nitrogens with one attached hydrogen (secondary N) is 1. The number of halogens is 5. The lowest BCUT2D eigenvalue weighted by molar-refractivity contribution is 0.0124. The summed E-state index contributed by atoms with van der Waals surface area (Å²) in [7, 11) is 0. The first-order valence-electron chi connectivity index (χ1n) is 14.8. The Morgan fingerprint density at radius 2 is 1.86 bits per heavy atom. The van der Waals surface area contributed by atoms with Gasteiger partial charge in [0.25, 0.3) is 11.3 Å². The number of hydrogen-bond donors (Lipinski definition) is 2. The van der Waals surface area contributed by atoms with E-state index in [0.717, 1.165) is 12.1 Å². The Morgan fingerprint density at radius 1 is 1.10 bits per heavy atom. The molecule has 17 heteroatoms. The van der Waals surface area contributed by atoms with Crippen molar-refractivity contribution < 1.29 is 40.6 Å². The van der Waals surface area contributed by atoms with Gasteiger partial charge in [0.05, 0.1) is 35.1 Å². The summed E-state index contributed by atoms with van der Waals surface area (Å²) in [6, 6.07) is 10.2. The van der Waals surface area contributed by atoms with E-state index in [-0.39, 0.29) is 48.2 Å². The van der Waals surface area contributed by atoms with Crippen LogP contribution >= 0.6 is 11.6 Å². The smallest absolute Gasteiger partial charge is 0.410 e. The molecule has 3 atom stereocenters. The van der Waals surface area contributed by atoms with Crippen molar-refractivity contribution in [3.05, 3.63) is 89.0 Å². The van der Waals surface area contributed by atoms with Gasteiger partial charge in [-0.15, -0.1) is 0 Å². The number of aromatic nitrogens is 3. The van der Waals surface area contributed by atoms with Crippen LogP contribution in [0.3, 0.4) is 0 Å². The van der Waals surface area contributed by atoms with Crippen molar-refractivity contribution in [2.75, 3.05) is 22.7 Å². The van der Waals surface area contributed by atoms with Gasteiger partial charge < -0.3 is 19.7 Å². The van der Waals surface area contributed by atoms with Crippen molar-refractivity contribution in [1.29, 1.82) is 0 Å². The zero-order valence-electron chi connectivity index (χ0n) is 26.4. The van der Waals surface area contributed by atoms with Gasteiger partial charge in [-0.1, -0.05) is 29.8 Å². The lowest BCUT2D eigenvalue weighted by Gasteiger charge is -2.36. The van der Waals surface area contributed by atoms with Crippen molar-refractivity contribution in [2.45, 2.75) is 51.6 Å².